The molecule has 308 valence electrons. The molecule has 54 heavy (non-hydrogen) atoms. The highest BCUT2D eigenvalue weighted by Crippen LogP contribution is 2.18. The third-order valence-electron chi connectivity index (χ3n) is 9.53. The maximum Gasteiger partial charge on any atom is 0.323 e. The number of carbonyl (C=O) groups is 4. The fourth-order valence-electron chi connectivity index (χ4n) is 6.53. The molecule has 1 fully saturated rings. The molecule has 4 N–H and O–H groups in total. The van der Waals surface area contributed by atoms with Crippen LogP contribution in [0.4, 0.5) is 0 Å². The minimum absolute atomic E-state index is 0.0653. The Morgan fingerprint density at radius 1 is 0.667 bits per heavy atom. The summed E-state index contributed by atoms with van der Waals surface area (Å²) < 4.78 is 26.6. The van der Waals surface area contributed by atoms with Crippen LogP contribution < -0.4 is 4.74 Å². The Bertz CT molecular complexity index is 1210. The largest absolute Gasteiger partial charge is 0.491 e. The van der Waals surface area contributed by atoms with E-state index in [2.05, 4.69) is 0 Å². The van der Waals surface area contributed by atoms with E-state index < -0.39 is 42.1 Å². The second-order valence-corrected chi connectivity index (χ2v) is 12.8. The predicted octanol–water partition coefficient (Wildman–Crippen LogP) is -0.866. The fourth-order valence-corrected chi connectivity index (χ4v) is 6.53. The van der Waals surface area contributed by atoms with Crippen molar-refractivity contribution in [2.24, 2.45) is 0 Å². The predicted molar refractivity (Wildman–Crippen MR) is 197 cm³/mol. The van der Waals surface area contributed by atoms with Crippen LogP contribution in [0.1, 0.15) is 31.7 Å². The van der Waals surface area contributed by atoms with E-state index in [1.54, 1.807) is 12.1 Å². The number of hydrogen-bond acceptors (Lipinski definition) is 16. The SMILES string of the molecule is CCOCCOCCOc1ccc(CC(C(=O)O)N2CCN(C(C=O)CCO)CCN(C(CCO)C(=O)OC)CCN(C(CCO)C(=O)OC)CC2)cc1. The number of aliphatic carboxylic acids is 1. The molecule has 4 atom stereocenters. The Morgan fingerprint density at radius 2 is 1.11 bits per heavy atom. The summed E-state index contributed by atoms with van der Waals surface area (Å²) in [5, 5.41) is 40.0. The van der Waals surface area contributed by atoms with Gasteiger partial charge in [0.05, 0.1) is 40.1 Å². The Labute approximate surface area is 318 Å². The number of benzene rings is 1. The molecule has 17 heteroatoms. The highest BCUT2D eigenvalue weighted by atomic mass is 16.5. The van der Waals surface area contributed by atoms with Crippen LogP contribution in [0.15, 0.2) is 24.3 Å². The van der Waals surface area contributed by atoms with Gasteiger partial charge in [0.25, 0.3) is 0 Å². The Hall–Kier alpha value is -3.26. The number of aliphatic hydroxyl groups is 3. The molecule has 0 radical (unpaired) electrons. The first-order valence-electron chi connectivity index (χ1n) is 18.7. The molecular formula is C37H62N4O13. The number of aldehydes is 1. The van der Waals surface area contributed by atoms with Crippen molar-refractivity contribution in [3.63, 3.8) is 0 Å². The second-order valence-electron chi connectivity index (χ2n) is 12.8. The lowest BCUT2D eigenvalue weighted by atomic mass is 10.0. The van der Waals surface area contributed by atoms with Gasteiger partial charge in [0.15, 0.2) is 0 Å². The van der Waals surface area contributed by atoms with Crippen molar-refractivity contribution in [1.82, 2.24) is 19.6 Å². The van der Waals surface area contributed by atoms with Crippen LogP contribution in [0.2, 0.25) is 0 Å². The minimum Gasteiger partial charge on any atom is -0.491 e. The standard InChI is InChI=1S/C37H62N4O13/c1-4-52-23-24-53-25-26-54-31-7-5-29(6-8-31)27-34(35(46)47)41-15-13-38(30(28-45)9-20-42)12-14-39(32(10-21-43)36(48)50-2)16-17-40(18-19-41)33(11-22-44)37(49)51-3/h5-8,28,30,32-34,42-44H,4,9-27H2,1-3H3,(H,46,47). The second kappa shape index (κ2) is 27.3. The monoisotopic (exact) mass is 770 g/mol. The number of methoxy groups -OCH3 is 2. The van der Waals surface area contributed by atoms with E-state index in [4.69, 9.17) is 23.7 Å². The first-order valence-corrected chi connectivity index (χ1v) is 18.7. The number of aliphatic hydroxyl groups excluding tert-OH is 3. The van der Waals surface area contributed by atoms with E-state index in [0.29, 0.717) is 38.8 Å². The van der Waals surface area contributed by atoms with E-state index in [0.717, 1.165) is 11.8 Å². The van der Waals surface area contributed by atoms with E-state index >= 15 is 0 Å². The average molecular weight is 771 g/mol. The van der Waals surface area contributed by atoms with Crippen molar-refractivity contribution in [2.45, 2.75) is 56.8 Å². The number of esters is 2. The maximum absolute atomic E-state index is 13.0. The number of nitrogens with zero attached hydrogens (tertiary/aromatic N) is 4. The van der Waals surface area contributed by atoms with Crippen molar-refractivity contribution in [1.29, 1.82) is 0 Å². The van der Waals surface area contributed by atoms with Crippen LogP contribution in [0.25, 0.3) is 0 Å². The summed E-state index contributed by atoms with van der Waals surface area (Å²) >= 11 is 0. The molecule has 1 saturated heterocycles. The number of hydrogen-bond donors (Lipinski definition) is 4. The minimum atomic E-state index is -1.05. The summed E-state index contributed by atoms with van der Waals surface area (Å²) in [4.78, 5) is 58.4. The third-order valence-corrected chi connectivity index (χ3v) is 9.53. The molecule has 1 aromatic carbocycles. The van der Waals surface area contributed by atoms with Gasteiger partial charge < -0.3 is 48.9 Å². The van der Waals surface area contributed by atoms with E-state index in [1.165, 1.54) is 14.2 Å². The molecule has 1 aliphatic rings. The lowest BCUT2D eigenvalue weighted by molar-refractivity contribution is -0.150. The Balaban J connectivity index is 2.41. The number of ether oxygens (including phenoxy) is 5. The summed E-state index contributed by atoms with van der Waals surface area (Å²) in [6, 6.07) is 3.83. The van der Waals surface area contributed by atoms with Gasteiger partial charge in [-0.1, -0.05) is 12.1 Å². The summed E-state index contributed by atoms with van der Waals surface area (Å²) in [6.45, 7) is 5.26. The Morgan fingerprint density at radius 3 is 1.54 bits per heavy atom. The number of rotatable bonds is 24. The van der Waals surface area contributed by atoms with Gasteiger partial charge in [-0.2, -0.15) is 0 Å². The van der Waals surface area contributed by atoms with Gasteiger partial charge in [-0.3, -0.25) is 34.0 Å². The van der Waals surface area contributed by atoms with Crippen molar-refractivity contribution in [2.75, 3.05) is 119 Å². The summed E-state index contributed by atoms with van der Waals surface area (Å²) in [5.41, 5.74) is 0.759. The van der Waals surface area contributed by atoms with E-state index in [-0.39, 0.29) is 97.9 Å². The summed E-state index contributed by atoms with van der Waals surface area (Å²) in [6.07, 6.45) is 1.21. The van der Waals surface area contributed by atoms with Gasteiger partial charge in [0.1, 0.15) is 36.8 Å². The molecule has 17 nitrogen and oxygen atoms in total. The first-order chi connectivity index (χ1) is 26.2. The molecule has 2 rings (SSSR count). The highest BCUT2D eigenvalue weighted by Gasteiger charge is 2.34. The van der Waals surface area contributed by atoms with Crippen LogP contribution in [-0.4, -0.2) is 208 Å². The molecule has 0 bridgehead atoms. The van der Waals surface area contributed by atoms with Gasteiger partial charge in [-0.05, 0) is 50.3 Å². The van der Waals surface area contributed by atoms with E-state index in [9.17, 15) is 39.6 Å². The third kappa shape index (κ3) is 16.2. The summed E-state index contributed by atoms with van der Waals surface area (Å²) in [7, 11) is 2.52. The molecule has 0 saturated carbocycles. The number of carbonyl (C=O) groups excluding carboxylic acids is 3. The van der Waals surface area contributed by atoms with Crippen LogP contribution in [0, 0.1) is 0 Å². The number of carboxylic acids is 1. The highest BCUT2D eigenvalue weighted by molar-refractivity contribution is 5.76. The Kier molecular flexibility index (Phi) is 23.7. The zero-order chi connectivity index (χ0) is 39.7. The van der Waals surface area contributed by atoms with Gasteiger partial charge in [-0.15, -0.1) is 0 Å². The van der Waals surface area contributed by atoms with Crippen molar-refractivity contribution < 1.29 is 63.3 Å². The normalized spacial score (nSPS) is 18.0. The molecule has 0 amide bonds. The molecule has 0 spiro atoms. The smallest absolute Gasteiger partial charge is 0.323 e. The molecule has 1 heterocycles. The molecule has 4 unspecified atom stereocenters. The topological polar surface area (TPSA) is 208 Å². The van der Waals surface area contributed by atoms with Crippen molar-refractivity contribution >= 4 is 24.2 Å². The molecule has 0 aromatic heterocycles. The lowest BCUT2D eigenvalue weighted by Crippen LogP contribution is -2.56. The van der Waals surface area contributed by atoms with Crippen LogP contribution in [0.5, 0.6) is 5.75 Å². The van der Waals surface area contributed by atoms with Gasteiger partial charge in [-0.25, -0.2) is 0 Å². The first kappa shape index (κ1) is 46.9. The van der Waals surface area contributed by atoms with Crippen LogP contribution in [0.3, 0.4) is 0 Å². The lowest BCUT2D eigenvalue weighted by Gasteiger charge is -2.40. The molecule has 1 aromatic rings. The van der Waals surface area contributed by atoms with Gasteiger partial charge >= 0.3 is 17.9 Å². The van der Waals surface area contributed by atoms with Gasteiger partial charge in [0, 0.05) is 78.8 Å². The molecule has 0 aliphatic carbocycles. The van der Waals surface area contributed by atoms with Gasteiger partial charge in [0.2, 0.25) is 0 Å². The van der Waals surface area contributed by atoms with Crippen molar-refractivity contribution in [3.8, 4) is 5.75 Å². The molecule has 1 aliphatic heterocycles. The maximum atomic E-state index is 13.0. The zero-order valence-corrected chi connectivity index (χ0v) is 32.1. The van der Waals surface area contributed by atoms with Crippen molar-refractivity contribution in [3.05, 3.63) is 29.8 Å². The zero-order valence-electron chi connectivity index (χ0n) is 32.1. The van der Waals surface area contributed by atoms with Crippen LogP contribution in [-0.2, 0) is 44.5 Å². The molecular weight excluding hydrogens is 708 g/mol. The number of carboxylic acid groups (broad SMARTS) is 1. The fraction of sp³-hybridized carbons (Fsp3) is 0.730. The van der Waals surface area contributed by atoms with E-state index in [1.807, 2.05) is 38.7 Å². The summed E-state index contributed by atoms with van der Waals surface area (Å²) in [5.74, 6) is -1.55. The van der Waals surface area contributed by atoms with Crippen LogP contribution >= 0.6 is 0 Å². The average Bonchev–Trinajstić information content (AvgIpc) is 3.17. The quantitative estimate of drug-likeness (QED) is 0.0573.